The van der Waals surface area contributed by atoms with E-state index in [-0.39, 0.29) is 5.56 Å². The molecule has 0 amide bonds. The van der Waals surface area contributed by atoms with Crippen LogP contribution in [0.3, 0.4) is 0 Å². The van der Waals surface area contributed by atoms with Crippen LogP contribution in [0.25, 0.3) is 0 Å². The average Bonchev–Trinajstić information content (AvgIpc) is 2.36. The SMILES string of the molecule is OC(/C1=C/CCCCCC1)c1cccc(C(F)(F)F)c1F. The van der Waals surface area contributed by atoms with Gasteiger partial charge in [-0.3, -0.25) is 0 Å². The smallest absolute Gasteiger partial charge is 0.384 e. The van der Waals surface area contributed by atoms with Crippen molar-refractivity contribution >= 4 is 0 Å². The highest BCUT2D eigenvalue weighted by molar-refractivity contribution is 5.33. The Labute approximate surface area is 121 Å². The lowest BCUT2D eigenvalue weighted by Crippen LogP contribution is -2.13. The molecule has 0 aromatic heterocycles. The fourth-order valence-corrected chi connectivity index (χ4v) is 2.64. The van der Waals surface area contributed by atoms with Gasteiger partial charge in [0.15, 0.2) is 0 Å². The summed E-state index contributed by atoms with van der Waals surface area (Å²) in [5, 5.41) is 10.3. The molecule has 0 fully saturated rings. The number of rotatable bonds is 2. The minimum atomic E-state index is -4.75. The van der Waals surface area contributed by atoms with Crippen LogP contribution in [0.15, 0.2) is 29.8 Å². The summed E-state index contributed by atoms with van der Waals surface area (Å²) in [5.74, 6) is -1.37. The van der Waals surface area contributed by atoms with E-state index in [0.717, 1.165) is 38.2 Å². The highest BCUT2D eigenvalue weighted by Crippen LogP contribution is 2.36. The molecule has 0 radical (unpaired) electrons. The zero-order valence-corrected chi connectivity index (χ0v) is 11.6. The van der Waals surface area contributed by atoms with Gasteiger partial charge in [0.05, 0.1) is 5.56 Å². The number of benzene rings is 1. The average molecular weight is 302 g/mol. The van der Waals surface area contributed by atoms with E-state index in [2.05, 4.69) is 0 Å². The van der Waals surface area contributed by atoms with E-state index < -0.39 is 23.7 Å². The number of aliphatic hydroxyl groups is 1. The molecule has 1 aliphatic rings. The first-order valence-corrected chi connectivity index (χ1v) is 7.14. The minimum absolute atomic E-state index is 0.295. The lowest BCUT2D eigenvalue weighted by Gasteiger charge is -2.20. The third-order valence-electron chi connectivity index (χ3n) is 3.81. The summed E-state index contributed by atoms with van der Waals surface area (Å²) < 4.78 is 52.2. The second kappa shape index (κ2) is 6.60. The zero-order valence-electron chi connectivity index (χ0n) is 11.6. The maximum Gasteiger partial charge on any atom is 0.419 e. The summed E-state index contributed by atoms with van der Waals surface area (Å²) in [6.45, 7) is 0. The molecule has 1 atom stereocenters. The first kappa shape index (κ1) is 16.0. The third-order valence-corrected chi connectivity index (χ3v) is 3.81. The summed E-state index contributed by atoms with van der Waals surface area (Å²) in [4.78, 5) is 0. The Hall–Kier alpha value is -1.36. The van der Waals surface area contributed by atoms with Crippen LogP contribution in [0.1, 0.15) is 55.8 Å². The van der Waals surface area contributed by atoms with Gasteiger partial charge in [0.2, 0.25) is 0 Å². The number of alkyl halides is 3. The first-order valence-electron chi connectivity index (χ1n) is 7.14. The molecule has 1 aromatic carbocycles. The second-order valence-corrected chi connectivity index (χ2v) is 5.34. The molecule has 0 bridgehead atoms. The van der Waals surface area contributed by atoms with Crippen molar-refractivity contribution in [3.63, 3.8) is 0 Å². The van der Waals surface area contributed by atoms with Crippen LogP contribution in [-0.2, 0) is 6.18 Å². The van der Waals surface area contributed by atoms with Crippen LogP contribution < -0.4 is 0 Å². The van der Waals surface area contributed by atoms with Crippen molar-refractivity contribution in [3.05, 3.63) is 46.8 Å². The van der Waals surface area contributed by atoms with Crippen molar-refractivity contribution in [3.8, 4) is 0 Å². The molecule has 1 nitrogen and oxygen atoms in total. The standard InChI is InChI=1S/C16H18F4O/c17-14-12(9-6-10-13(14)16(18,19)20)15(21)11-7-4-2-1-3-5-8-11/h6-7,9-10,15,21H,1-5,8H2/b11-7+. The molecule has 116 valence electrons. The molecular formula is C16H18F4O. The monoisotopic (exact) mass is 302 g/mol. The molecule has 0 spiro atoms. The van der Waals surface area contributed by atoms with E-state index in [1.165, 1.54) is 6.07 Å². The van der Waals surface area contributed by atoms with Gasteiger partial charge in [-0.05, 0) is 37.3 Å². The van der Waals surface area contributed by atoms with E-state index in [0.29, 0.717) is 18.1 Å². The van der Waals surface area contributed by atoms with Crippen LogP contribution in [0.4, 0.5) is 17.6 Å². The summed E-state index contributed by atoms with van der Waals surface area (Å²) in [5.41, 5.74) is -1.00. The van der Waals surface area contributed by atoms with Crippen molar-refractivity contribution < 1.29 is 22.7 Å². The highest BCUT2D eigenvalue weighted by Gasteiger charge is 2.35. The van der Waals surface area contributed by atoms with Crippen LogP contribution >= 0.6 is 0 Å². The summed E-state index contributed by atoms with van der Waals surface area (Å²) in [6, 6.07) is 3.04. The van der Waals surface area contributed by atoms with Gasteiger partial charge in [0.1, 0.15) is 11.9 Å². The molecule has 21 heavy (non-hydrogen) atoms. The van der Waals surface area contributed by atoms with Crippen molar-refractivity contribution in [1.82, 2.24) is 0 Å². The molecule has 0 saturated heterocycles. The molecule has 0 heterocycles. The fourth-order valence-electron chi connectivity index (χ4n) is 2.64. The second-order valence-electron chi connectivity index (χ2n) is 5.34. The Morgan fingerprint density at radius 3 is 2.48 bits per heavy atom. The molecule has 2 rings (SSSR count). The van der Waals surface area contributed by atoms with E-state index in [1.807, 2.05) is 6.08 Å². The quantitative estimate of drug-likeness (QED) is 0.591. The van der Waals surface area contributed by atoms with E-state index in [1.54, 1.807) is 0 Å². The summed E-state index contributed by atoms with van der Waals surface area (Å²) in [6.07, 6.45) is 1.13. The molecule has 0 saturated carbocycles. The molecule has 1 aromatic rings. The zero-order chi connectivity index (χ0) is 15.5. The predicted octanol–water partition coefficient (Wildman–Crippen LogP) is 5.16. The van der Waals surface area contributed by atoms with Crippen LogP contribution in [0, 0.1) is 5.82 Å². The Bertz CT molecular complexity index is 519. The van der Waals surface area contributed by atoms with Crippen molar-refractivity contribution in [2.24, 2.45) is 0 Å². The predicted molar refractivity (Wildman–Crippen MR) is 72.1 cm³/mol. The van der Waals surface area contributed by atoms with Crippen LogP contribution in [0.2, 0.25) is 0 Å². The van der Waals surface area contributed by atoms with Gasteiger partial charge < -0.3 is 5.11 Å². The Kier molecular flexibility index (Phi) is 5.04. The summed E-state index contributed by atoms with van der Waals surface area (Å²) in [7, 11) is 0. The molecule has 1 aliphatic carbocycles. The Morgan fingerprint density at radius 2 is 1.76 bits per heavy atom. The van der Waals surface area contributed by atoms with Crippen molar-refractivity contribution in [2.75, 3.05) is 0 Å². The van der Waals surface area contributed by atoms with Gasteiger partial charge >= 0.3 is 6.18 Å². The maximum atomic E-state index is 14.0. The molecule has 1 unspecified atom stereocenters. The van der Waals surface area contributed by atoms with Gasteiger partial charge in [-0.15, -0.1) is 0 Å². The minimum Gasteiger partial charge on any atom is -0.384 e. The first-order chi connectivity index (χ1) is 9.91. The molecule has 1 N–H and O–H groups in total. The molecule has 0 aliphatic heterocycles. The maximum absolute atomic E-state index is 14.0. The largest absolute Gasteiger partial charge is 0.419 e. The molecule has 5 heteroatoms. The van der Waals surface area contributed by atoms with Gasteiger partial charge in [-0.25, -0.2) is 4.39 Å². The van der Waals surface area contributed by atoms with Gasteiger partial charge in [-0.1, -0.05) is 31.1 Å². The molecular weight excluding hydrogens is 284 g/mol. The number of allylic oxidation sites excluding steroid dienone is 1. The van der Waals surface area contributed by atoms with Gasteiger partial charge in [0, 0.05) is 5.56 Å². The van der Waals surface area contributed by atoms with Crippen molar-refractivity contribution in [1.29, 1.82) is 0 Å². The number of hydrogen-bond acceptors (Lipinski definition) is 1. The van der Waals surface area contributed by atoms with Gasteiger partial charge in [-0.2, -0.15) is 13.2 Å². The topological polar surface area (TPSA) is 20.2 Å². The van der Waals surface area contributed by atoms with E-state index in [4.69, 9.17) is 0 Å². The Morgan fingerprint density at radius 1 is 1.05 bits per heavy atom. The van der Waals surface area contributed by atoms with Gasteiger partial charge in [0.25, 0.3) is 0 Å². The van der Waals surface area contributed by atoms with E-state index >= 15 is 0 Å². The fraction of sp³-hybridized carbons (Fsp3) is 0.500. The third kappa shape index (κ3) is 3.84. The van der Waals surface area contributed by atoms with Crippen LogP contribution in [0.5, 0.6) is 0 Å². The Balaban J connectivity index is 2.32. The number of aliphatic hydroxyl groups excluding tert-OH is 1. The normalized spacial score (nSPS) is 21.1. The number of halogens is 4. The van der Waals surface area contributed by atoms with E-state index in [9.17, 15) is 22.7 Å². The van der Waals surface area contributed by atoms with Crippen LogP contribution in [-0.4, -0.2) is 5.11 Å². The number of hydrogen-bond donors (Lipinski definition) is 1. The summed E-state index contributed by atoms with van der Waals surface area (Å²) >= 11 is 0. The van der Waals surface area contributed by atoms with Crippen molar-refractivity contribution in [2.45, 2.75) is 50.8 Å². The lowest BCUT2D eigenvalue weighted by atomic mass is 9.92. The lowest BCUT2D eigenvalue weighted by molar-refractivity contribution is -0.140. The highest BCUT2D eigenvalue weighted by atomic mass is 19.4.